The van der Waals surface area contributed by atoms with Crippen LogP contribution in [-0.2, 0) is 10.8 Å². The molecule has 1 aromatic carbocycles. The number of pyridine rings is 2. The van der Waals surface area contributed by atoms with E-state index in [-0.39, 0.29) is 10.8 Å². The van der Waals surface area contributed by atoms with Crippen molar-refractivity contribution in [2.45, 2.75) is 73.1 Å². The van der Waals surface area contributed by atoms with Gasteiger partial charge in [-0.1, -0.05) is 59.2 Å². The number of hydrogen-bond acceptors (Lipinski definition) is 4. The first kappa shape index (κ1) is 22.5. The second-order valence-corrected chi connectivity index (χ2v) is 11.6. The van der Waals surface area contributed by atoms with Crippen molar-refractivity contribution >= 4 is 27.7 Å². The van der Waals surface area contributed by atoms with Crippen molar-refractivity contribution in [1.29, 1.82) is 0 Å². The molecule has 0 N–H and O–H groups in total. The summed E-state index contributed by atoms with van der Waals surface area (Å²) < 4.78 is 2.17. The van der Waals surface area contributed by atoms with Crippen molar-refractivity contribution in [3.8, 4) is 11.4 Å². The molecule has 0 aliphatic rings. The van der Waals surface area contributed by atoms with Gasteiger partial charge in [-0.3, -0.25) is 9.38 Å². The first-order valence-electron chi connectivity index (χ1n) is 11.9. The third kappa shape index (κ3) is 3.54. The number of hydrogen-bond donors (Lipinski definition) is 0. The normalized spacial score (nSPS) is 12.9. The summed E-state index contributed by atoms with van der Waals surface area (Å²) >= 11 is 0. The molecule has 34 heavy (non-hydrogen) atoms. The molecule has 0 amide bonds. The molecule has 0 saturated heterocycles. The van der Waals surface area contributed by atoms with Gasteiger partial charge in [0.1, 0.15) is 5.82 Å². The SMILES string of the molecule is Cc1cc(C)c(-c2nc3nc(C(C)(C)C)ccc3c3nc4cc(C(C)(C)C)ncc4n23)c(C)c1. The minimum atomic E-state index is -0.0660. The molecule has 0 unspecified atom stereocenters. The van der Waals surface area contributed by atoms with Crippen molar-refractivity contribution in [1.82, 2.24) is 24.3 Å². The lowest BCUT2D eigenvalue weighted by Gasteiger charge is -2.19. The molecule has 0 atom stereocenters. The zero-order valence-corrected chi connectivity index (χ0v) is 21.7. The topological polar surface area (TPSA) is 56.0 Å². The molecule has 174 valence electrons. The van der Waals surface area contributed by atoms with E-state index in [1.807, 2.05) is 6.20 Å². The molecule has 0 bridgehead atoms. The van der Waals surface area contributed by atoms with Crippen LogP contribution in [0.15, 0.2) is 36.5 Å². The number of aryl methyl sites for hydroxylation is 3. The Bertz CT molecular complexity index is 1570. The standard InChI is InChI=1S/C29H33N5/c1-16-12-17(2)24(18(3)13-16)27-33-25-19(10-11-22(32-25)28(4,5)6)26-31-20-14-23(29(7,8)9)30-15-21(20)34(26)27/h10-15H,1-9H3. The number of imidazole rings is 1. The molecule has 0 aliphatic carbocycles. The minimum Gasteiger partial charge on any atom is -0.274 e. The summed E-state index contributed by atoms with van der Waals surface area (Å²) in [7, 11) is 0. The highest BCUT2D eigenvalue weighted by molar-refractivity contribution is 5.97. The van der Waals surface area contributed by atoms with Crippen LogP contribution in [0.4, 0.5) is 0 Å². The van der Waals surface area contributed by atoms with E-state index in [9.17, 15) is 0 Å². The highest BCUT2D eigenvalue weighted by atomic mass is 15.1. The van der Waals surface area contributed by atoms with Gasteiger partial charge in [0.2, 0.25) is 0 Å². The van der Waals surface area contributed by atoms with Crippen LogP contribution in [0, 0.1) is 20.8 Å². The van der Waals surface area contributed by atoms with Crippen LogP contribution < -0.4 is 0 Å². The Morgan fingerprint density at radius 3 is 2.00 bits per heavy atom. The van der Waals surface area contributed by atoms with E-state index in [1.165, 1.54) is 16.7 Å². The van der Waals surface area contributed by atoms with Crippen LogP contribution in [0.5, 0.6) is 0 Å². The Labute approximate surface area is 201 Å². The summed E-state index contributed by atoms with van der Waals surface area (Å²) in [6.07, 6.45) is 1.95. The van der Waals surface area contributed by atoms with E-state index < -0.39 is 0 Å². The second kappa shape index (κ2) is 7.33. The molecule has 0 saturated carbocycles. The van der Waals surface area contributed by atoms with Crippen LogP contribution in [0.2, 0.25) is 0 Å². The largest absolute Gasteiger partial charge is 0.274 e. The predicted molar refractivity (Wildman–Crippen MR) is 141 cm³/mol. The van der Waals surface area contributed by atoms with Crippen LogP contribution in [-0.4, -0.2) is 24.3 Å². The fourth-order valence-electron chi connectivity index (χ4n) is 4.76. The lowest BCUT2D eigenvalue weighted by Crippen LogP contribution is -2.14. The quantitative estimate of drug-likeness (QED) is 0.275. The molecule has 4 heterocycles. The minimum absolute atomic E-state index is 0.0551. The smallest absolute Gasteiger partial charge is 0.165 e. The zero-order valence-electron chi connectivity index (χ0n) is 21.7. The average molecular weight is 452 g/mol. The van der Waals surface area contributed by atoms with E-state index in [0.29, 0.717) is 0 Å². The third-order valence-corrected chi connectivity index (χ3v) is 6.52. The second-order valence-electron chi connectivity index (χ2n) is 11.6. The average Bonchev–Trinajstić information content (AvgIpc) is 3.10. The number of rotatable bonds is 1. The van der Waals surface area contributed by atoms with Crippen LogP contribution in [0.3, 0.4) is 0 Å². The molecule has 0 radical (unpaired) electrons. The summed E-state index contributed by atoms with van der Waals surface area (Å²) in [6, 6.07) is 10.8. The first-order chi connectivity index (χ1) is 15.8. The van der Waals surface area contributed by atoms with Crippen molar-refractivity contribution in [3.05, 3.63) is 64.6 Å². The highest BCUT2D eigenvalue weighted by Crippen LogP contribution is 2.34. The Morgan fingerprint density at radius 1 is 0.735 bits per heavy atom. The van der Waals surface area contributed by atoms with Crippen LogP contribution >= 0.6 is 0 Å². The molecule has 0 fully saturated rings. The summed E-state index contributed by atoms with van der Waals surface area (Å²) in [5.41, 5.74) is 10.2. The van der Waals surface area contributed by atoms with Gasteiger partial charge >= 0.3 is 0 Å². The Balaban J connectivity index is 1.96. The number of benzene rings is 1. The van der Waals surface area contributed by atoms with Crippen LogP contribution in [0.25, 0.3) is 39.1 Å². The lowest BCUT2D eigenvalue weighted by molar-refractivity contribution is 0.570. The summed E-state index contributed by atoms with van der Waals surface area (Å²) in [4.78, 5) is 20.1. The van der Waals surface area contributed by atoms with E-state index in [1.54, 1.807) is 0 Å². The fourth-order valence-corrected chi connectivity index (χ4v) is 4.76. The third-order valence-electron chi connectivity index (χ3n) is 6.52. The molecule has 4 aromatic heterocycles. The van der Waals surface area contributed by atoms with E-state index in [2.05, 4.69) is 97.0 Å². The number of nitrogens with zero attached hydrogens (tertiary/aromatic N) is 5. The fraction of sp³-hybridized carbons (Fsp3) is 0.379. The summed E-state index contributed by atoms with van der Waals surface area (Å²) in [5, 5.41) is 0.952. The monoisotopic (exact) mass is 451 g/mol. The van der Waals surface area contributed by atoms with Crippen molar-refractivity contribution in [2.75, 3.05) is 0 Å². The van der Waals surface area contributed by atoms with E-state index >= 15 is 0 Å². The Kier molecular flexibility index (Phi) is 4.84. The Hall–Kier alpha value is -3.34. The van der Waals surface area contributed by atoms with Gasteiger partial charge < -0.3 is 0 Å². The Morgan fingerprint density at radius 2 is 1.38 bits per heavy atom. The number of aromatic nitrogens is 5. The van der Waals surface area contributed by atoms with E-state index in [4.69, 9.17) is 19.9 Å². The molecule has 5 heteroatoms. The van der Waals surface area contributed by atoms with Gasteiger partial charge in [-0.25, -0.2) is 15.0 Å². The summed E-state index contributed by atoms with van der Waals surface area (Å²) in [6.45, 7) is 19.5. The van der Waals surface area contributed by atoms with Gasteiger partial charge in [0, 0.05) is 27.8 Å². The maximum Gasteiger partial charge on any atom is 0.165 e. The maximum absolute atomic E-state index is 5.18. The van der Waals surface area contributed by atoms with Crippen molar-refractivity contribution in [3.63, 3.8) is 0 Å². The van der Waals surface area contributed by atoms with Gasteiger partial charge in [-0.2, -0.15) is 0 Å². The van der Waals surface area contributed by atoms with Gasteiger partial charge in [0.15, 0.2) is 11.3 Å². The molecular weight excluding hydrogens is 418 g/mol. The lowest BCUT2D eigenvalue weighted by atomic mass is 9.91. The van der Waals surface area contributed by atoms with Gasteiger partial charge in [-0.05, 0) is 50.1 Å². The molecular formula is C29H33N5. The van der Waals surface area contributed by atoms with Crippen molar-refractivity contribution < 1.29 is 0 Å². The molecule has 5 nitrogen and oxygen atoms in total. The highest BCUT2D eigenvalue weighted by Gasteiger charge is 2.23. The summed E-state index contributed by atoms with van der Waals surface area (Å²) in [5.74, 6) is 0.865. The van der Waals surface area contributed by atoms with E-state index in [0.717, 1.165) is 50.5 Å². The molecule has 0 aliphatic heterocycles. The van der Waals surface area contributed by atoms with Gasteiger partial charge in [-0.15, -0.1) is 0 Å². The van der Waals surface area contributed by atoms with Crippen LogP contribution in [0.1, 0.15) is 69.6 Å². The number of fused-ring (bicyclic) bond motifs is 5. The van der Waals surface area contributed by atoms with Gasteiger partial charge in [0.05, 0.1) is 22.6 Å². The van der Waals surface area contributed by atoms with Crippen molar-refractivity contribution in [2.24, 2.45) is 0 Å². The maximum atomic E-state index is 5.18. The zero-order chi connectivity index (χ0) is 24.6. The first-order valence-corrected chi connectivity index (χ1v) is 11.9. The van der Waals surface area contributed by atoms with Gasteiger partial charge in [0.25, 0.3) is 0 Å². The molecule has 5 rings (SSSR count). The molecule has 0 spiro atoms. The predicted octanol–water partition coefficient (Wildman–Crippen LogP) is 7.01. The molecule has 5 aromatic rings.